The van der Waals surface area contributed by atoms with Gasteiger partial charge in [0.05, 0.1) is 6.54 Å². The first-order valence-corrected chi connectivity index (χ1v) is 11.2. The smallest absolute Gasteiger partial charge is 0.313 e. The van der Waals surface area contributed by atoms with Gasteiger partial charge in [-0.05, 0) is 43.2 Å². The summed E-state index contributed by atoms with van der Waals surface area (Å²) in [5, 5.41) is 17.7. The van der Waals surface area contributed by atoms with Crippen molar-refractivity contribution in [3.05, 3.63) is 57.5 Å². The van der Waals surface area contributed by atoms with Gasteiger partial charge in [0.15, 0.2) is 0 Å². The lowest BCUT2D eigenvalue weighted by molar-refractivity contribution is -0.136. The Morgan fingerprint density at radius 3 is 2.39 bits per heavy atom. The number of benzene rings is 1. The third-order valence-corrected chi connectivity index (χ3v) is 5.46. The summed E-state index contributed by atoms with van der Waals surface area (Å²) in [6.45, 7) is -0.0629. The second kappa shape index (κ2) is 11.5. The minimum atomic E-state index is -0.897. The number of furan rings is 1. The van der Waals surface area contributed by atoms with Gasteiger partial charge in [0, 0.05) is 27.9 Å². The molecule has 0 atom stereocenters. The Morgan fingerprint density at radius 1 is 1.03 bits per heavy atom. The first-order valence-electron chi connectivity index (χ1n) is 10.4. The summed E-state index contributed by atoms with van der Waals surface area (Å²) >= 11 is 11.7. The maximum atomic E-state index is 12.4. The summed E-state index contributed by atoms with van der Waals surface area (Å²) < 4.78 is 5.55. The second-order valence-corrected chi connectivity index (χ2v) is 8.45. The van der Waals surface area contributed by atoms with E-state index in [2.05, 4.69) is 16.0 Å². The fourth-order valence-electron chi connectivity index (χ4n) is 3.43. The van der Waals surface area contributed by atoms with Crippen molar-refractivity contribution in [1.82, 2.24) is 10.6 Å². The highest BCUT2D eigenvalue weighted by Crippen LogP contribution is 2.22. The standard InChI is InChI=1S/C23H22Cl2N4O4/c24-15-9-16(25)11-18(10-15)29-23(32)22(31)27-13-20-7-6-19(33-20)8-14(12-26)21(30)28-17-4-2-1-3-5-17/h6-11,17H,1-5,13H2,(H,27,31)(H,28,30)(H,29,32)/b14-8-. The molecule has 10 heteroatoms. The van der Waals surface area contributed by atoms with Gasteiger partial charge < -0.3 is 20.4 Å². The number of nitrogens with zero attached hydrogens (tertiary/aromatic N) is 1. The van der Waals surface area contributed by atoms with Gasteiger partial charge in [-0.3, -0.25) is 14.4 Å². The van der Waals surface area contributed by atoms with Gasteiger partial charge in [-0.25, -0.2) is 0 Å². The molecule has 33 heavy (non-hydrogen) atoms. The predicted molar refractivity (Wildman–Crippen MR) is 124 cm³/mol. The number of nitrogens with one attached hydrogen (secondary N) is 3. The van der Waals surface area contributed by atoms with Gasteiger partial charge in [-0.2, -0.15) is 5.26 Å². The molecule has 3 amide bonds. The van der Waals surface area contributed by atoms with E-state index in [0.717, 1.165) is 32.1 Å². The van der Waals surface area contributed by atoms with Crippen LogP contribution < -0.4 is 16.0 Å². The van der Waals surface area contributed by atoms with Crippen molar-refractivity contribution in [3.63, 3.8) is 0 Å². The number of carbonyl (C=O) groups excluding carboxylic acids is 3. The van der Waals surface area contributed by atoms with E-state index in [1.165, 1.54) is 24.3 Å². The lowest BCUT2D eigenvalue weighted by Gasteiger charge is -2.22. The highest BCUT2D eigenvalue weighted by atomic mass is 35.5. The zero-order valence-electron chi connectivity index (χ0n) is 17.6. The SMILES string of the molecule is N#C/C(=C/c1ccc(CNC(=O)C(=O)Nc2cc(Cl)cc(Cl)c2)o1)C(=O)NC1CCCCC1. The van der Waals surface area contributed by atoms with E-state index in [1.54, 1.807) is 12.1 Å². The molecule has 8 nitrogen and oxygen atoms in total. The molecule has 1 saturated carbocycles. The maximum Gasteiger partial charge on any atom is 0.313 e. The van der Waals surface area contributed by atoms with Gasteiger partial charge in [0.1, 0.15) is 23.2 Å². The summed E-state index contributed by atoms with van der Waals surface area (Å²) in [7, 11) is 0. The molecule has 2 aromatic rings. The monoisotopic (exact) mass is 488 g/mol. The van der Waals surface area contributed by atoms with E-state index >= 15 is 0 Å². The number of amides is 3. The summed E-state index contributed by atoms with van der Waals surface area (Å²) in [5.74, 6) is -1.59. The summed E-state index contributed by atoms with van der Waals surface area (Å²) in [6, 6.07) is 9.54. The van der Waals surface area contributed by atoms with Crippen molar-refractivity contribution >= 4 is 52.7 Å². The van der Waals surface area contributed by atoms with Crippen LogP contribution in [0.1, 0.15) is 43.6 Å². The summed E-state index contributed by atoms with van der Waals surface area (Å²) in [4.78, 5) is 36.5. The number of halogens is 2. The van der Waals surface area contributed by atoms with Gasteiger partial charge in [0.25, 0.3) is 5.91 Å². The second-order valence-electron chi connectivity index (χ2n) is 7.58. The van der Waals surface area contributed by atoms with E-state index in [-0.39, 0.29) is 29.6 Å². The molecule has 1 fully saturated rings. The van der Waals surface area contributed by atoms with E-state index in [0.29, 0.717) is 15.8 Å². The van der Waals surface area contributed by atoms with Crippen LogP contribution in [-0.2, 0) is 20.9 Å². The lowest BCUT2D eigenvalue weighted by atomic mass is 9.95. The molecule has 1 aliphatic carbocycles. The maximum absolute atomic E-state index is 12.4. The third kappa shape index (κ3) is 7.38. The normalized spacial score (nSPS) is 14.3. The van der Waals surface area contributed by atoms with Crippen LogP contribution in [0.2, 0.25) is 10.0 Å². The van der Waals surface area contributed by atoms with Gasteiger partial charge in [-0.1, -0.05) is 42.5 Å². The van der Waals surface area contributed by atoms with Crippen molar-refractivity contribution in [2.24, 2.45) is 0 Å². The number of hydrogen-bond donors (Lipinski definition) is 3. The minimum absolute atomic E-state index is 0.0629. The first kappa shape index (κ1) is 24.4. The number of nitriles is 1. The molecule has 0 unspecified atom stereocenters. The third-order valence-electron chi connectivity index (χ3n) is 5.02. The lowest BCUT2D eigenvalue weighted by Crippen LogP contribution is -2.36. The Bertz CT molecular complexity index is 1090. The molecule has 1 aromatic carbocycles. The first-order chi connectivity index (χ1) is 15.8. The molecule has 0 radical (unpaired) electrons. The fraction of sp³-hybridized carbons (Fsp3) is 0.304. The molecule has 0 spiro atoms. The van der Waals surface area contributed by atoms with Crippen LogP contribution in [0.15, 0.2) is 40.3 Å². The van der Waals surface area contributed by atoms with E-state index in [9.17, 15) is 19.6 Å². The predicted octanol–water partition coefficient (Wildman–Crippen LogP) is 4.20. The van der Waals surface area contributed by atoms with E-state index in [1.807, 2.05) is 6.07 Å². The van der Waals surface area contributed by atoms with Crippen LogP contribution >= 0.6 is 23.2 Å². The molecule has 3 N–H and O–H groups in total. The van der Waals surface area contributed by atoms with Gasteiger partial charge >= 0.3 is 11.8 Å². The van der Waals surface area contributed by atoms with E-state index < -0.39 is 17.7 Å². The van der Waals surface area contributed by atoms with Crippen LogP contribution in [-0.4, -0.2) is 23.8 Å². The average molecular weight is 489 g/mol. The zero-order valence-corrected chi connectivity index (χ0v) is 19.1. The zero-order chi connectivity index (χ0) is 23.8. The molecular weight excluding hydrogens is 467 g/mol. The molecule has 0 bridgehead atoms. The van der Waals surface area contributed by atoms with Crippen molar-refractivity contribution in [1.29, 1.82) is 5.26 Å². The van der Waals surface area contributed by atoms with Crippen molar-refractivity contribution in [3.8, 4) is 6.07 Å². The molecule has 3 rings (SSSR count). The van der Waals surface area contributed by atoms with Crippen LogP contribution in [0.3, 0.4) is 0 Å². The quantitative estimate of drug-likeness (QED) is 0.319. The van der Waals surface area contributed by atoms with Gasteiger partial charge in [-0.15, -0.1) is 0 Å². The van der Waals surface area contributed by atoms with Crippen molar-refractivity contribution < 1.29 is 18.8 Å². The number of hydrogen-bond acceptors (Lipinski definition) is 5. The number of anilines is 1. The topological polar surface area (TPSA) is 124 Å². The average Bonchev–Trinajstić information content (AvgIpc) is 3.23. The highest BCUT2D eigenvalue weighted by molar-refractivity contribution is 6.40. The molecule has 1 heterocycles. The van der Waals surface area contributed by atoms with Crippen LogP contribution in [0.25, 0.3) is 6.08 Å². The molecule has 1 aliphatic rings. The number of carbonyl (C=O) groups is 3. The largest absolute Gasteiger partial charge is 0.460 e. The molecule has 1 aromatic heterocycles. The molecule has 172 valence electrons. The number of rotatable bonds is 6. The Kier molecular flexibility index (Phi) is 8.52. The van der Waals surface area contributed by atoms with Gasteiger partial charge in [0.2, 0.25) is 0 Å². The van der Waals surface area contributed by atoms with E-state index in [4.69, 9.17) is 27.6 Å². The van der Waals surface area contributed by atoms with Crippen molar-refractivity contribution in [2.45, 2.75) is 44.7 Å². The van der Waals surface area contributed by atoms with Crippen LogP contribution in [0.4, 0.5) is 5.69 Å². The Hall–Kier alpha value is -3.28. The summed E-state index contributed by atoms with van der Waals surface area (Å²) in [6.07, 6.45) is 6.46. The Morgan fingerprint density at radius 2 is 1.73 bits per heavy atom. The van der Waals surface area contributed by atoms with Crippen LogP contribution in [0.5, 0.6) is 0 Å². The highest BCUT2D eigenvalue weighted by Gasteiger charge is 2.19. The van der Waals surface area contributed by atoms with Crippen molar-refractivity contribution in [2.75, 3.05) is 5.32 Å². The minimum Gasteiger partial charge on any atom is -0.460 e. The molecule has 0 aliphatic heterocycles. The van der Waals surface area contributed by atoms with Crippen LogP contribution in [0, 0.1) is 11.3 Å². The summed E-state index contributed by atoms with van der Waals surface area (Å²) in [5.41, 5.74) is 0.221. The molecular formula is C23H22Cl2N4O4. The molecule has 0 saturated heterocycles. The Labute approximate surface area is 200 Å². The fourth-order valence-corrected chi connectivity index (χ4v) is 3.96. The Balaban J connectivity index is 1.53.